The number of hydrogen-bond donors (Lipinski definition) is 2. The standard InChI is InChI=1S/C21H26F3N5O2.ClH/c1-28(2)19(15-5-7-25-8-6-15)14-26-20(30)27-17-13-16(21(22,23)24)3-4-18(17)29-9-11-31-12-10-29;/h3-8,13,19H,9-12,14H2,1-2H3,(H2,26,27,30);1H. The van der Waals surface area contributed by atoms with E-state index in [1.54, 1.807) is 12.4 Å². The molecule has 0 spiro atoms. The van der Waals surface area contributed by atoms with Crippen molar-refractivity contribution in [3.63, 3.8) is 0 Å². The number of rotatable bonds is 6. The van der Waals surface area contributed by atoms with Gasteiger partial charge >= 0.3 is 12.2 Å². The van der Waals surface area contributed by atoms with E-state index in [2.05, 4.69) is 15.6 Å². The molecular weight excluding hydrogens is 447 g/mol. The molecule has 32 heavy (non-hydrogen) atoms. The van der Waals surface area contributed by atoms with E-state index in [0.717, 1.165) is 17.7 Å². The first-order valence-electron chi connectivity index (χ1n) is 9.97. The fourth-order valence-electron chi connectivity index (χ4n) is 3.47. The fourth-order valence-corrected chi connectivity index (χ4v) is 3.47. The summed E-state index contributed by atoms with van der Waals surface area (Å²) in [5.41, 5.74) is 0.836. The number of amides is 2. The van der Waals surface area contributed by atoms with Crippen LogP contribution in [0.25, 0.3) is 0 Å². The number of halogens is 4. The van der Waals surface area contributed by atoms with Crippen molar-refractivity contribution in [1.82, 2.24) is 10.2 Å². The summed E-state index contributed by atoms with van der Waals surface area (Å²) in [6, 6.07) is 6.56. The number of urea groups is 1. The van der Waals surface area contributed by atoms with Crippen LogP contribution >= 0.6 is 0 Å². The summed E-state index contributed by atoms with van der Waals surface area (Å²) in [6.07, 6.45) is -0.914. The van der Waals surface area contributed by atoms with Crippen LogP contribution in [0.2, 0.25) is 0 Å². The van der Waals surface area contributed by atoms with Crippen LogP contribution in [0.15, 0.2) is 42.7 Å². The zero-order valence-electron chi connectivity index (χ0n) is 17.9. The van der Waals surface area contributed by atoms with Gasteiger partial charge in [-0.1, -0.05) is 0 Å². The number of alkyl halides is 3. The molecule has 0 saturated carbocycles. The average Bonchev–Trinajstić information content (AvgIpc) is 2.74. The van der Waals surface area contributed by atoms with Crippen molar-refractivity contribution >= 4 is 17.4 Å². The van der Waals surface area contributed by atoms with Crippen LogP contribution in [0.1, 0.15) is 17.2 Å². The summed E-state index contributed by atoms with van der Waals surface area (Å²) in [4.78, 5) is 19.4. The van der Waals surface area contributed by atoms with Crippen LogP contribution < -0.4 is 32.9 Å². The molecule has 1 unspecified atom stereocenters. The number of hydrogen-bond acceptors (Lipinski definition) is 4. The minimum absolute atomic E-state index is 0. The number of ether oxygens (including phenoxy) is 1. The van der Waals surface area contributed by atoms with Crippen LogP contribution in [0.4, 0.5) is 29.3 Å². The number of anilines is 2. The molecule has 1 fully saturated rings. The van der Waals surface area contributed by atoms with E-state index < -0.39 is 17.8 Å². The number of H-pyrrole nitrogens is 1. The van der Waals surface area contributed by atoms with Gasteiger partial charge in [-0.2, -0.15) is 13.2 Å². The summed E-state index contributed by atoms with van der Waals surface area (Å²) < 4.78 is 45.0. The molecule has 2 aromatic rings. The van der Waals surface area contributed by atoms with E-state index in [1.165, 1.54) is 6.07 Å². The van der Waals surface area contributed by atoms with E-state index in [9.17, 15) is 18.0 Å². The Kier molecular flexibility index (Phi) is 9.11. The molecule has 0 aliphatic carbocycles. The molecule has 2 amide bonds. The number of morpholine rings is 1. The monoisotopic (exact) mass is 473 g/mol. The van der Waals surface area contributed by atoms with Crippen LogP contribution in [-0.2, 0) is 10.9 Å². The second kappa shape index (κ2) is 11.3. The first-order valence-corrected chi connectivity index (χ1v) is 9.97. The van der Waals surface area contributed by atoms with Gasteiger partial charge in [0.2, 0.25) is 0 Å². The third-order valence-corrected chi connectivity index (χ3v) is 5.13. The maximum Gasteiger partial charge on any atom is 0.416 e. The highest BCUT2D eigenvalue weighted by atomic mass is 35.5. The van der Waals surface area contributed by atoms with E-state index >= 15 is 0 Å². The molecule has 0 bridgehead atoms. The third kappa shape index (κ3) is 6.72. The number of nitrogens with zero attached hydrogens (tertiary/aromatic N) is 2. The Balaban J connectivity index is 0.00000363. The van der Waals surface area contributed by atoms with Crippen molar-refractivity contribution in [3.8, 4) is 0 Å². The Bertz CT molecular complexity index is 877. The lowest BCUT2D eigenvalue weighted by Crippen LogP contribution is -3.00. The zero-order valence-corrected chi connectivity index (χ0v) is 18.6. The largest absolute Gasteiger partial charge is 1.00 e. The van der Waals surface area contributed by atoms with Crippen molar-refractivity contribution in [2.24, 2.45) is 0 Å². The molecule has 3 N–H and O–H groups in total. The molecule has 0 radical (unpaired) electrons. The van der Waals surface area contributed by atoms with Gasteiger partial charge < -0.3 is 37.6 Å². The lowest BCUT2D eigenvalue weighted by atomic mass is 10.1. The first kappa shape index (κ1) is 25.7. The summed E-state index contributed by atoms with van der Waals surface area (Å²) in [6.45, 7) is 2.32. The molecule has 1 aliphatic heterocycles. The molecule has 1 atom stereocenters. The Morgan fingerprint density at radius 2 is 1.84 bits per heavy atom. The molecule has 1 aliphatic rings. The number of likely N-dealkylation sites (N-methyl/N-ethyl adjacent to an activating group) is 1. The number of benzene rings is 1. The van der Waals surface area contributed by atoms with E-state index in [-0.39, 0.29) is 30.7 Å². The molecule has 7 nitrogen and oxygen atoms in total. The highest BCUT2D eigenvalue weighted by Gasteiger charge is 2.32. The fraction of sp³-hybridized carbons (Fsp3) is 0.429. The summed E-state index contributed by atoms with van der Waals surface area (Å²) in [5.74, 6) is 0. The van der Waals surface area contributed by atoms with Crippen molar-refractivity contribution in [2.75, 3.05) is 57.2 Å². The normalized spacial score (nSPS) is 15.1. The second-order valence-electron chi connectivity index (χ2n) is 7.48. The van der Waals surface area contributed by atoms with E-state index in [4.69, 9.17) is 4.74 Å². The molecule has 1 aromatic carbocycles. The number of carbonyl (C=O) groups is 1. The van der Waals surface area contributed by atoms with Gasteiger partial charge in [0.15, 0.2) is 12.4 Å². The molecule has 3 rings (SSSR count). The number of aromatic amines is 1. The lowest BCUT2D eigenvalue weighted by molar-refractivity contribution is -0.378. The Hall–Kier alpha value is -2.56. The van der Waals surface area contributed by atoms with E-state index in [1.807, 2.05) is 36.0 Å². The molecule has 11 heteroatoms. The number of carbonyl (C=O) groups excluding carboxylic acids is 1. The minimum atomic E-state index is -4.50. The zero-order chi connectivity index (χ0) is 22.4. The topological polar surface area (TPSA) is 71.0 Å². The maximum absolute atomic E-state index is 13.2. The lowest BCUT2D eigenvalue weighted by Gasteiger charge is -2.31. The quantitative estimate of drug-likeness (QED) is 0.609. The van der Waals surface area contributed by atoms with Crippen molar-refractivity contribution < 1.29 is 40.1 Å². The van der Waals surface area contributed by atoms with Gasteiger partial charge in [-0.05, 0) is 37.9 Å². The van der Waals surface area contributed by atoms with Crippen LogP contribution in [0, 0.1) is 0 Å². The number of nitrogens with one attached hydrogen (secondary N) is 3. The van der Waals surface area contributed by atoms with Crippen LogP contribution in [0.5, 0.6) is 0 Å². The van der Waals surface area contributed by atoms with Gasteiger partial charge in [0.05, 0.1) is 36.2 Å². The van der Waals surface area contributed by atoms with Gasteiger partial charge in [0, 0.05) is 31.8 Å². The number of aromatic nitrogens is 1. The first-order chi connectivity index (χ1) is 14.8. The Morgan fingerprint density at radius 1 is 1.19 bits per heavy atom. The number of pyridine rings is 1. The van der Waals surface area contributed by atoms with Gasteiger partial charge in [-0.15, -0.1) is 0 Å². The maximum atomic E-state index is 13.2. The molecule has 1 saturated heterocycles. The van der Waals surface area contributed by atoms with Crippen molar-refractivity contribution in [3.05, 3.63) is 53.9 Å². The Labute approximate surface area is 191 Å². The SMILES string of the molecule is CN(C)C(CNC(=O)Nc1cc(C(F)(F)F)ccc1N1CCOCC1)c1cc[nH+]cc1.[Cl-]. The summed E-state index contributed by atoms with van der Waals surface area (Å²) in [5, 5.41) is 5.38. The predicted octanol–water partition coefficient (Wildman–Crippen LogP) is -0.215. The summed E-state index contributed by atoms with van der Waals surface area (Å²) in [7, 11) is 3.79. The summed E-state index contributed by atoms with van der Waals surface area (Å²) >= 11 is 0. The van der Waals surface area contributed by atoms with Crippen LogP contribution in [-0.4, -0.2) is 57.9 Å². The minimum Gasteiger partial charge on any atom is -1.00 e. The average molecular weight is 474 g/mol. The second-order valence-corrected chi connectivity index (χ2v) is 7.48. The van der Waals surface area contributed by atoms with Gasteiger partial charge in [0.25, 0.3) is 0 Å². The van der Waals surface area contributed by atoms with Crippen molar-refractivity contribution in [2.45, 2.75) is 12.2 Å². The van der Waals surface area contributed by atoms with Gasteiger partial charge in [-0.3, -0.25) is 0 Å². The highest BCUT2D eigenvalue weighted by Crippen LogP contribution is 2.35. The molecule has 176 valence electrons. The molecule has 2 heterocycles. The molecule has 1 aromatic heterocycles. The predicted molar refractivity (Wildman–Crippen MR) is 111 cm³/mol. The Morgan fingerprint density at radius 3 is 2.44 bits per heavy atom. The smallest absolute Gasteiger partial charge is 0.416 e. The van der Waals surface area contributed by atoms with Gasteiger partial charge in [0.1, 0.15) is 0 Å². The molecular formula is C21H27ClF3N5O2. The van der Waals surface area contributed by atoms with Crippen LogP contribution in [0.3, 0.4) is 0 Å². The van der Waals surface area contributed by atoms with Gasteiger partial charge in [-0.25, -0.2) is 9.78 Å². The highest BCUT2D eigenvalue weighted by molar-refractivity contribution is 5.93. The van der Waals surface area contributed by atoms with Crippen molar-refractivity contribution in [1.29, 1.82) is 0 Å². The van der Waals surface area contributed by atoms with E-state index in [0.29, 0.717) is 32.0 Å². The third-order valence-electron chi connectivity index (χ3n) is 5.13.